The molecule has 0 aliphatic rings. The molecule has 0 saturated carbocycles. The normalized spacial score (nSPS) is 13.1. The Morgan fingerprint density at radius 3 is 2.43 bits per heavy atom. The second kappa shape index (κ2) is 6.08. The van der Waals surface area contributed by atoms with Gasteiger partial charge in [-0.05, 0) is 19.4 Å². The van der Waals surface area contributed by atoms with Crippen molar-refractivity contribution in [3.8, 4) is 0 Å². The third-order valence-corrected chi connectivity index (χ3v) is 1.85. The van der Waals surface area contributed by atoms with Crippen molar-refractivity contribution in [3.63, 3.8) is 0 Å². The molecule has 0 heterocycles. The van der Waals surface area contributed by atoms with Gasteiger partial charge in [0.2, 0.25) is 0 Å². The molecular weight excluding hydrogens is 174 g/mol. The Kier molecular flexibility index (Phi) is 5.46. The summed E-state index contributed by atoms with van der Waals surface area (Å²) in [5.74, 6) is 0.548. The first-order valence-electron chi connectivity index (χ1n) is 4.66. The first kappa shape index (κ1) is 12.6. The van der Waals surface area contributed by atoms with Crippen molar-refractivity contribution in [2.75, 3.05) is 0 Å². The molecule has 0 radical (unpaired) electrons. The highest BCUT2D eigenvalue weighted by Crippen LogP contribution is 2.17. The van der Waals surface area contributed by atoms with Crippen LogP contribution in [0.15, 0.2) is 48.9 Å². The van der Waals surface area contributed by atoms with Gasteiger partial charge in [0.25, 0.3) is 0 Å². The van der Waals surface area contributed by atoms with Gasteiger partial charge < -0.3 is 10.5 Å². The third kappa shape index (κ3) is 3.99. The summed E-state index contributed by atoms with van der Waals surface area (Å²) in [4.78, 5) is 0. The molecule has 0 fully saturated rings. The van der Waals surface area contributed by atoms with Crippen molar-refractivity contribution >= 4 is 0 Å². The number of ether oxygens (including phenoxy) is 1. The molecule has 0 aromatic carbocycles. The molecule has 0 aromatic heterocycles. The maximum atomic E-state index is 5.59. The molecule has 78 valence electrons. The molecule has 0 spiro atoms. The molecule has 0 unspecified atom stereocenters. The topological polar surface area (TPSA) is 35.2 Å². The second-order valence-electron chi connectivity index (χ2n) is 3.10. The molecule has 1 atom stereocenters. The first-order chi connectivity index (χ1) is 6.52. The van der Waals surface area contributed by atoms with Gasteiger partial charge in [0, 0.05) is 11.3 Å². The van der Waals surface area contributed by atoms with Crippen LogP contribution >= 0.6 is 0 Å². The largest absolute Gasteiger partial charge is 0.491 e. The Balaban J connectivity index is 4.54. The Bertz CT molecular complexity index is 263. The van der Waals surface area contributed by atoms with E-state index in [4.69, 9.17) is 10.5 Å². The van der Waals surface area contributed by atoms with Gasteiger partial charge in [-0.15, -0.1) is 0 Å². The summed E-state index contributed by atoms with van der Waals surface area (Å²) in [5, 5.41) is 0. The zero-order chi connectivity index (χ0) is 11.1. The third-order valence-electron chi connectivity index (χ3n) is 1.85. The van der Waals surface area contributed by atoms with Crippen molar-refractivity contribution in [1.29, 1.82) is 0 Å². The van der Waals surface area contributed by atoms with Gasteiger partial charge in [0.15, 0.2) is 0 Å². The predicted octanol–water partition coefficient (Wildman–Crippen LogP) is 2.90. The van der Waals surface area contributed by atoms with Gasteiger partial charge in [0.1, 0.15) is 5.76 Å². The standard InChI is InChI=1S/C12H19NO/c1-6-8-12(10(4)13)11(5)14-9(3)7-2/h6,8-9H,1,4-5,7,13H2,2-3H3/b12-8-/t9-/m0/s1. The summed E-state index contributed by atoms with van der Waals surface area (Å²) in [7, 11) is 0. The number of hydrogen-bond acceptors (Lipinski definition) is 2. The van der Waals surface area contributed by atoms with Gasteiger partial charge in [-0.1, -0.05) is 32.7 Å². The van der Waals surface area contributed by atoms with E-state index in [-0.39, 0.29) is 6.10 Å². The molecule has 0 rings (SSSR count). The Labute approximate surface area is 86.4 Å². The van der Waals surface area contributed by atoms with E-state index in [0.29, 0.717) is 17.0 Å². The number of rotatable bonds is 6. The fourth-order valence-electron chi connectivity index (χ4n) is 0.887. The highest BCUT2D eigenvalue weighted by Gasteiger charge is 2.07. The minimum absolute atomic E-state index is 0.134. The average Bonchev–Trinajstić information content (AvgIpc) is 2.13. The molecule has 0 aromatic rings. The van der Waals surface area contributed by atoms with Gasteiger partial charge in [0.05, 0.1) is 6.10 Å². The lowest BCUT2D eigenvalue weighted by atomic mass is 10.1. The van der Waals surface area contributed by atoms with Crippen LogP contribution in [0.4, 0.5) is 0 Å². The predicted molar refractivity (Wildman–Crippen MR) is 61.6 cm³/mol. The summed E-state index contributed by atoms with van der Waals surface area (Å²) in [6.45, 7) is 15.1. The molecule has 0 bridgehead atoms. The fraction of sp³-hybridized carbons (Fsp3) is 0.333. The van der Waals surface area contributed by atoms with E-state index in [1.807, 2.05) is 13.8 Å². The lowest BCUT2D eigenvalue weighted by Crippen LogP contribution is -2.10. The summed E-state index contributed by atoms with van der Waals surface area (Å²) < 4.78 is 5.52. The SMILES string of the molecule is C=C/C=C(/C(=C)N)C(=C)O[C@@H](C)CC. The van der Waals surface area contributed by atoms with Crippen LogP contribution in [0.3, 0.4) is 0 Å². The van der Waals surface area contributed by atoms with Gasteiger partial charge in [-0.25, -0.2) is 0 Å². The zero-order valence-corrected chi connectivity index (χ0v) is 9.05. The fourth-order valence-corrected chi connectivity index (χ4v) is 0.887. The summed E-state index contributed by atoms with van der Waals surface area (Å²) in [6, 6.07) is 0. The van der Waals surface area contributed by atoms with Gasteiger partial charge in [-0.3, -0.25) is 0 Å². The van der Waals surface area contributed by atoms with E-state index in [2.05, 4.69) is 19.7 Å². The maximum absolute atomic E-state index is 5.59. The van der Waals surface area contributed by atoms with Crippen molar-refractivity contribution in [2.24, 2.45) is 5.73 Å². The molecule has 0 amide bonds. The highest BCUT2D eigenvalue weighted by molar-refractivity contribution is 5.41. The lowest BCUT2D eigenvalue weighted by Gasteiger charge is -2.16. The maximum Gasteiger partial charge on any atom is 0.121 e. The van der Waals surface area contributed by atoms with E-state index in [9.17, 15) is 0 Å². The highest BCUT2D eigenvalue weighted by atomic mass is 16.5. The van der Waals surface area contributed by atoms with Crippen molar-refractivity contribution in [2.45, 2.75) is 26.4 Å². The molecular formula is C12H19NO. The van der Waals surface area contributed by atoms with Gasteiger partial charge in [-0.2, -0.15) is 0 Å². The van der Waals surface area contributed by atoms with E-state index >= 15 is 0 Å². The van der Waals surface area contributed by atoms with E-state index in [1.54, 1.807) is 12.2 Å². The van der Waals surface area contributed by atoms with Crippen LogP contribution < -0.4 is 5.73 Å². The molecule has 0 aliphatic carbocycles. The Hall–Kier alpha value is -1.44. The van der Waals surface area contributed by atoms with Crippen LogP contribution in [0.25, 0.3) is 0 Å². The van der Waals surface area contributed by atoms with E-state index in [1.165, 1.54) is 0 Å². The van der Waals surface area contributed by atoms with Crippen molar-refractivity contribution in [3.05, 3.63) is 48.9 Å². The summed E-state index contributed by atoms with van der Waals surface area (Å²) in [5.41, 5.74) is 6.74. The van der Waals surface area contributed by atoms with Gasteiger partial charge >= 0.3 is 0 Å². The second-order valence-corrected chi connectivity index (χ2v) is 3.10. The van der Waals surface area contributed by atoms with Crippen molar-refractivity contribution in [1.82, 2.24) is 0 Å². The van der Waals surface area contributed by atoms with E-state index in [0.717, 1.165) is 6.42 Å². The number of allylic oxidation sites excluding steroid dienone is 2. The molecule has 14 heavy (non-hydrogen) atoms. The minimum atomic E-state index is 0.134. The van der Waals surface area contributed by atoms with Crippen LogP contribution in [0.5, 0.6) is 0 Å². The van der Waals surface area contributed by atoms with Crippen molar-refractivity contribution < 1.29 is 4.74 Å². The molecule has 2 nitrogen and oxygen atoms in total. The first-order valence-corrected chi connectivity index (χ1v) is 4.66. The molecule has 0 saturated heterocycles. The number of hydrogen-bond donors (Lipinski definition) is 1. The Morgan fingerprint density at radius 1 is 1.50 bits per heavy atom. The van der Waals surface area contributed by atoms with Crippen LogP contribution in [-0.2, 0) is 4.74 Å². The van der Waals surface area contributed by atoms with Crippen LogP contribution in [0.1, 0.15) is 20.3 Å². The molecule has 2 heteroatoms. The lowest BCUT2D eigenvalue weighted by molar-refractivity contribution is 0.136. The van der Waals surface area contributed by atoms with E-state index < -0.39 is 0 Å². The smallest absolute Gasteiger partial charge is 0.121 e. The monoisotopic (exact) mass is 193 g/mol. The summed E-state index contributed by atoms with van der Waals surface area (Å²) >= 11 is 0. The van der Waals surface area contributed by atoms with Crippen LogP contribution in [0.2, 0.25) is 0 Å². The minimum Gasteiger partial charge on any atom is -0.491 e. The molecule has 0 aliphatic heterocycles. The van der Waals surface area contributed by atoms with Crippen LogP contribution in [-0.4, -0.2) is 6.10 Å². The quantitative estimate of drug-likeness (QED) is 0.520. The number of nitrogens with two attached hydrogens (primary N) is 1. The zero-order valence-electron chi connectivity index (χ0n) is 9.05. The Morgan fingerprint density at radius 2 is 2.07 bits per heavy atom. The average molecular weight is 193 g/mol. The summed E-state index contributed by atoms with van der Waals surface area (Å²) in [6.07, 6.45) is 4.44. The molecule has 2 N–H and O–H groups in total. The van der Waals surface area contributed by atoms with Crippen LogP contribution in [0, 0.1) is 0 Å².